The van der Waals surface area contributed by atoms with E-state index in [-0.39, 0.29) is 11.3 Å². The second-order valence-corrected chi connectivity index (χ2v) is 5.27. The fourth-order valence-corrected chi connectivity index (χ4v) is 2.40. The van der Waals surface area contributed by atoms with Crippen LogP contribution in [0.2, 0.25) is 0 Å². The van der Waals surface area contributed by atoms with Crippen LogP contribution in [-0.4, -0.2) is 30.0 Å². The highest BCUT2D eigenvalue weighted by molar-refractivity contribution is 9.10. The Morgan fingerprint density at radius 3 is 2.86 bits per heavy atom. The van der Waals surface area contributed by atoms with Crippen molar-refractivity contribution < 1.29 is 9.13 Å². The Labute approximate surface area is 130 Å². The predicted octanol–water partition coefficient (Wildman–Crippen LogP) is 2.20. The number of hydrogen-bond donors (Lipinski definition) is 0. The fraction of sp³-hybridized carbons (Fsp3) is 0.286. The van der Waals surface area contributed by atoms with Crippen molar-refractivity contribution in [2.24, 2.45) is 7.05 Å². The number of rotatable bonds is 5. The molecule has 2 rings (SSSR count). The fourth-order valence-electron chi connectivity index (χ4n) is 1.74. The van der Waals surface area contributed by atoms with Gasteiger partial charge in [-0.3, -0.25) is 4.79 Å². The van der Waals surface area contributed by atoms with Crippen LogP contribution in [0.25, 0.3) is 0 Å². The summed E-state index contributed by atoms with van der Waals surface area (Å²) in [6.07, 6.45) is 1.59. The van der Waals surface area contributed by atoms with Crippen LogP contribution in [0.5, 0.6) is 5.75 Å². The maximum Gasteiger partial charge on any atom is 0.282 e. The molecule has 0 radical (unpaired) electrons. The quantitative estimate of drug-likeness (QED) is 0.824. The molecule has 1 aromatic heterocycles. The van der Waals surface area contributed by atoms with E-state index in [0.717, 1.165) is 0 Å². The Morgan fingerprint density at radius 2 is 2.14 bits per heavy atom. The first-order chi connectivity index (χ1) is 10.0. The van der Waals surface area contributed by atoms with Gasteiger partial charge >= 0.3 is 0 Å². The van der Waals surface area contributed by atoms with Gasteiger partial charge in [-0.05, 0) is 28.1 Å². The third-order valence-electron chi connectivity index (χ3n) is 2.99. The zero-order valence-corrected chi connectivity index (χ0v) is 13.3. The molecule has 0 saturated carbocycles. The second kappa shape index (κ2) is 6.71. The molecule has 0 aliphatic carbocycles. The molecule has 0 N–H and O–H groups in total. The molecule has 21 heavy (non-hydrogen) atoms. The van der Waals surface area contributed by atoms with Gasteiger partial charge < -0.3 is 9.64 Å². The Balaban J connectivity index is 2.00. The Bertz CT molecular complexity index is 690. The van der Waals surface area contributed by atoms with Gasteiger partial charge in [0, 0.05) is 14.1 Å². The van der Waals surface area contributed by atoms with Crippen LogP contribution >= 0.6 is 15.9 Å². The normalized spacial score (nSPS) is 10.5. The number of para-hydroxylation sites is 1. The monoisotopic (exact) mass is 355 g/mol. The van der Waals surface area contributed by atoms with E-state index < -0.39 is 5.82 Å². The predicted molar refractivity (Wildman–Crippen MR) is 82.3 cm³/mol. The highest BCUT2D eigenvalue weighted by Gasteiger charge is 2.11. The third kappa shape index (κ3) is 3.60. The topological polar surface area (TPSA) is 47.4 Å². The lowest BCUT2D eigenvalue weighted by Gasteiger charge is -2.20. The highest BCUT2D eigenvalue weighted by Crippen LogP contribution is 2.20. The Morgan fingerprint density at radius 1 is 1.43 bits per heavy atom. The molecule has 0 aliphatic rings. The van der Waals surface area contributed by atoms with Crippen molar-refractivity contribution in [3.05, 3.63) is 51.1 Å². The standard InChI is InChI=1S/C14H15BrFN3O2/c1-18(11-9-17-19(2)14(20)13(11)15)7-8-21-12-6-4-3-5-10(12)16/h3-6,9H,7-8H2,1-2H3. The molecule has 0 aliphatic heterocycles. The molecule has 112 valence electrons. The van der Waals surface area contributed by atoms with Gasteiger partial charge in [0.1, 0.15) is 11.1 Å². The first kappa shape index (κ1) is 15.5. The van der Waals surface area contributed by atoms with Gasteiger partial charge in [-0.25, -0.2) is 9.07 Å². The van der Waals surface area contributed by atoms with Gasteiger partial charge in [-0.2, -0.15) is 5.10 Å². The van der Waals surface area contributed by atoms with Crippen LogP contribution in [0.3, 0.4) is 0 Å². The van der Waals surface area contributed by atoms with Crippen LogP contribution in [0.15, 0.2) is 39.7 Å². The summed E-state index contributed by atoms with van der Waals surface area (Å²) in [4.78, 5) is 13.6. The molecule has 0 amide bonds. The number of anilines is 1. The molecule has 0 saturated heterocycles. The zero-order chi connectivity index (χ0) is 15.4. The first-order valence-electron chi connectivity index (χ1n) is 6.31. The SMILES string of the molecule is CN(CCOc1ccccc1F)c1cnn(C)c(=O)c1Br. The molecule has 0 fully saturated rings. The van der Waals surface area contributed by atoms with E-state index in [2.05, 4.69) is 21.0 Å². The minimum atomic E-state index is -0.392. The van der Waals surface area contributed by atoms with E-state index in [1.54, 1.807) is 31.4 Å². The van der Waals surface area contributed by atoms with E-state index in [4.69, 9.17) is 4.74 Å². The number of nitrogens with zero attached hydrogens (tertiary/aromatic N) is 3. The van der Waals surface area contributed by atoms with Gasteiger partial charge in [0.2, 0.25) is 0 Å². The van der Waals surface area contributed by atoms with E-state index in [1.807, 2.05) is 11.9 Å². The van der Waals surface area contributed by atoms with Crippen LogP contribution in [0.1, 0.15) is 0 Å². The lowest BCUT2D eigenvalue weighted by atomic mass is 10.3. The summed E-state index contributed by atoms with van der Waals surface area (Å²) in [7, 11) is 3.39. The van der Waals surface area contributed by atoms with Crippen LogP contribution in [0.4, 0.5) is 10.1 Å². The molecule has 0 bridgehead atoms. The van der Waals surface area contributed by atoms with Gasteiger partial charge in [-0.15, -0.1) is 0 Å². The molecule has 2 aromatic rings. The highest BCUT2D eigenvalue weighted by atomic mass is 79.9. The summed E-state index contributed by atoms with van der Waals surface area (Å²) < 4.78 is 20.5. The number of ether oxygens (including phenoxy) is 1. The number of halogens is 2. The van der Waals surface area contributed by atoms with E-state index >= 15 is 0 Å². The van der Waals surface area contributed by atoms with Crippen LogP contribution in [0, 0.1) is 5.82 Å². The van der Waals surface area contributed by atoms with Crippen molar-refractivity contribution in [3.8, 4) is 5.75 Å². The smallest absolute Gasteiger partial charge is 0.282 e. The summed E-state index contributed by atoms with van der Waals surface area (Å²) in [5, 5.41) is 3.97. The van der Waals surface area contributed by atoms with Gasteiger partial charge in [-0.1, -0.05) is 12.1 Å². The minimum Gasteiger partial charge on any atom is -0.489 e. The number of benzene rings is 1. The second-order valence-electron chi connectivity index (χ2n) is 4.47. The average Bonchev–Trinajstić information content (AvgIpc) is 2.47. The van der Waals surface area contributed by atoms with Crippen LogP contribution in [-0.2, 0) is 7.05 Å². The molecule has 1 heterocycles. The van der Waals surface area contributed by atoms with Gasteiger partial charge in [0.15, 0.2) is 11.6 Å². The number of hydrogen-bond acceptors (Lipinski definition) is 4. The number of likely N-dealkylation sites (N-methyl/N-ethyl adjacent to an activating group) is 1. The molecule has 0 unspecified atom stereocenters. The summed E-state index contributed by atoms with van der Waals surface area (Å²) in [5.41, 5.74) is 0.449. The van der Waals surface area contributed by atoms with Gasteiger partial charge in [0.05, 0.1) is 18.4 Å². The Kier molecular flexibility index (Phi) is 4.95. The average molecular weight is 356 g/mol. The zero-order valence-electron chi connectivity index (χ0n) is 11.7. The van der Waals surface area contributed by atoms with Gasteiger partial charge in [0.25, 0.3) is 5.56 Å². The van der Waals surface area contributed by atoms with Crippen molar-refractivity contribution in [2.45, 2.75) is 0 Å². The van der Waals surface area contributed by atoms with Crippen molar-refractivity contribution in [1.82, 2.24) is 9.78 Å². The molecule has 7 heteroatoms. The molecule has 0 atom stereocenters. The molecular weight excluding hydrogens is 341 g/mol. The van der Waals surface area contributed by atoms with Crippen molar-refractivity contribution in [3.63, 3.8) is 0 Å². The molecule has 1 aromatic carbocycles. The minimum absolute atomic E-state index is 0.214. The van der Waals surface area contributed by atoms with E-state index in [0.29, 0.717) is 23.3 Å². The summed E-state index contributed by atoms with van der Waals surface area (Å²) in [6.45, 7) is 0.779. The number of aryl methyl sites for hydroxylation is 1. The van der Waals surface area contributed by atoms with E-state index in [9.17, 15) is 9.18 Å². The van der Waals surface area contributed by atoms with E-state index in [1.165, 1.54) is 10.7 Å². The summed E-state index contributed by atoms with van der Waals surface area (Å²) >= 11 is 3.26. The lowest BCUT2D eigenvalue weighted by molar-refractivity contribution is 0.309. The maximum atomic E-state index is 13.4. The van der Waals surface area contributed by atoms with Crippen molar-refractivity contribution >= 4 is 21.6 Å². The molecule has 0 spiro atoms. The summed E-state index contributed by atoms with van der Waals surface area (Å²) in [5.74, 6) is -0.177. The Hall–Kier alpha value is -1.89. The first-order valence-corrected chi connectivity index (χ1v) is 7.10. The maximum absolute atomic E-state index is 13.4. The summed E-state index contributed by atoms with van der Waals surface area (Å²) in [6, 6.07) is 6.24. The van der Waals surface area contributed by atoms with Crippen molar-refractivity contribution in [1.29, 1.82) is 0 Å². The number of aromatic nitrogens is 2. The lowest BCUT2D eigenvalue weighted by Crippen LogP contribution is -2.28. The van der Waals surface area contributed by atoms with Crippen molar-refractivity contribution in [2.75, 3.05) is 25.1 Å². The molecular formula is C14H15BrFN3O2. The third-order valence-corrected chi connectivity index (χ3v) is 3.74. The molecule has 5 nitrogen and oxygen atoms in total. The largest absolute Gasteiger partial charge is 0.489 e. The van der Waals surface area contributed by atoms with Crippen LogP contribution < -0.4 is 15.2 Å².